The minimum atomic E-state index is -0.286. The van der Waals surface area contributed by atoms with E-state index in [1.807, 2.05) is 13.0 Å². The molecule has 0 aliphatic rings. The van der Waals surface area contributed by atoms with Gasteiger partial charge >= 0.3 is 0 Å². The van der Waals surface area contributed by atoms with Crippen molar-refractivity contribution in [1.82, 2.24) is 0 Å². The fourth-order valence-corrected chi connectivity index (χ4v) is 2.96. The van der Waals surface area contributed by atoms with E-state index in [0.29, 0.717) is 22.0 Å². The highest BCUT2D eigenvalue weighted by Crippen LogP contribution is 2.29. The Balaban J connectivity index is 2.30. The van der Waals surface area contributed by atoms with Crippen molar-refractivity contribution < 1.29 is 4.79 Å². The van der Waals surface area contributed by atoms with E-state index in [4.69, 9.17) is 17.3 Å². The lowest BCUT2D eigenvalue weighted by atomic mass is 10.1. The molecule has 0 saturated carbocycles. The summed E-state index contributed by atoms with van der Waals surface area (Å²) in [5.41, 5.74) is 8.42. The summed E-state index contributed by atoms with van der Waals surface area (Å²) in [6.07, 6.45) is 0. The first-order valence-corrected chi connectivity index (χ1v) is 7.67. The minimum Gasteiger partial charge on any atom is -0.398 e. The molecule has 3 nitrogen and oxygen atoms in total. The molecule has 0 fully saturated rings. The number of nitrogens with two attached hydrogens (primary N) is 1. The molecule has 2 aromatic carbocycles. The fourth-order valence-electron chi connectivity index (χ4n) is 1.65. The van der Waals surface area contributed by atoms with E-state index in [1.165, 1.54) is 0 Å². The number of anilines is 2. The summed E-state index contributed by atoms with van der Waals surface area (Å²) in [7, 11) is 0. The highest BCUT2D eigenvalue weighted by molar-refractivity contribution is 9.10. The van der Waals surface area contributed by atoms with E-state index in [1.54, 1.807) is 24.3 Å². The number of hydrogen-bond donors (Lipinski definition) is 2. The van der Waals surface area contributed by atoms with Crippen LogP contribution in [0.2, 0.25) is 5.02 Å². The quantitative estimate of drug-likeness (QED) is 0.674. The molecular formula is C14H11Br2ClN2O. The number of carbonyl (C=O) groups excluding carboxylic acids is 1. The molecule has 0 heterocycles. The smallest absolute Gasteiger partial charge is 0.257 e. The minimum absolute atomic E-state index is 0.286. The summed E-state index contributed by atoms with van der Waals surface area (Å²) in [4.78, 5) is 12.2. The van der Waals surface area contributed by atoms with Crippen molar-refractivity contribution >= 4 is 60.7 Å². The fraction of sp³-hybridized carbons (Fsp3) is 0.0714. The Morgan fingerprint density at radius 3 is 2.60 bits per heavy atom. The van der Waals surface area contributed by atoms with Crippen molar-refractivity contribution in [2.75, 3.05) is 11.1 Å². The lowest BCUT2D eigenvalue weighted by Crippen LogP contribution is -2.13. The van der Waals surface area contributed by atoms with Gasteiger partial charge in [-0.25, -0.2) is 0 Å². The number of nitrogens with one attached hydrogen (secondary N) is 1. The maximum atomic E-state index is 12.2. The first kappa shape index (κ1) is 15.4. The molecule has 0 saturated heterocycles. The van der Waals surface area contributed by atoms with Gasteiger partial charge in [0.2, 0.25) is 0 Å². The zero-order valence-electron chi connectivity index (χ0n) is 10.5. The van der Waals surface area contributed by atoms with Crippen LogP contribution in [0.25, 0.3) is 0 Å². The molecule has 0 atom stereocenters. The zero-order valence-corrected chi connectivity index (χ0v) is 14.4. The van der Waals surface area contributed by atoms with Crippen LogP contribution in [0.15, 0.2) is 39.3 Å². The summed E-state index contributed by atoms with van der Waals surface area (Å²) in [6.45, 7) is 1.90. The van der Waals surface area contributed by atoms with Crippen LogP contribution < -0.4 is 11.1 Å². The van der Waals surface area contributed by atoms with Gasteiger partial charge in [0.1, 0.15) is 0 Å². The van der Waals surface area contributed by atoms with Crippen LogP contribution in [-0.4, -0.2) is 5.91 Å². The Morgan fingerprint density at radius 1 is 1.25 bits per heavy atom. The van der Waals surface area contributed by atoms with E-state index >= 15 is 0 Å². The standard InChI is InChI=1S/C14H11Br2ClN2O/c1-7-4-10(16)13(6-12(7)18)19-14(20)9-3-2-8(15)5-11(9)17/h2-6H,18H2,1H3,(H,19,20). The SMILES string of the molecule is Cc1cc(Br)c(NC(=O)c2ccc(Br)cc2Cl)cc1N. The second kappa shape index (κ2) is 6.16. The number of benzene rings is 2. The summed E-state index contributed by atoms with van der Waals surface area (Å²) in [5.74, 6) is -0.286. The van der Waals surface area contributed by atoms with E-state index in [0.717, 1.165) is 14.5 Å². The lowest BCUT2D eigenvalue weighted by Gasteiger charge is -2.11. The molecule has 3 N–H and O–H groups in total. The van der Waals surface area contributed by atoms with Crippen LogP contribution in [0.3, 0.4) is 0 Å². The molecule has 2 rings (SSSR count). The second-order valence-corrected chi connectivity index (χ2v) is 6.44. The van der Waals surface area contributed by atoms with Gasteiger partial charge < -0.3 is 11.1 Å². The number of nitrogen functional groups attached to an aromatic ring is 1. The van der Waals surface area contributed by atoms with Gasteiger partial charge in [0.05, 0.1) is 16.3 Å². The van der Waals surface area contributed by atoms with E-state index < -0.39 is 0 Å². The summed E-state index contributed by atoms with van der Waals surface area (Å²) >= 11 is 12.8. The predicted molar refractivity (Wildman–Crippen MR) is 90.4 cm³/mol. The average Bonchev–Trinajstić information content (AvgIpc) is 2.35. The number of amides is 1. The highest BCUT2D eigenvalue weighted by Gasteiger charge is 2.13. The third kappa shape index (κ3) is 3.34. The largest absolute Gasteiger partial charge is 0.398 e. The van der Waals surface area contributed by atoms with Crippen LogP contribution >= 0.6 is 43.5 Å². The van der Waals surface area contributed by atoms with Crippen molar-refractivity contribution in [2.45, 2.75) is 6.92 Å². The van der Waals surface area contributed by atoms with E-state index in [2.05, 4.69) is 37.2 Å². The van der Waals surface area contributed by atoms with Gasteiger partial charge in [-0.05, 0) is 58.7 Å². The maximum absolute atomic E-state index is 12.2. The van der Waals surface area contributed by atoms with Crippen molar-refractivity contribution in [3.05, 3.63) is 55.4 Å². The highest BCUT2D eigenvalue weighted by atomic mass is 79.9. The molecule has 0 spiro atoms. The number of hydrogen-bond acceptors (Lipinski definition) is 2. The molecular weight excluding hydrogens is 407 g/mol. The summed E-state index contributed by atoms with van der Waals surface area (Å²) in [6, 6.07) is 8.67. The van der Waals surface area contributed by atoms with Crippen LogP contribution in [0.5, 0.6) is 0 Å². The number of carbonyl (C=O) groups is 1. The Kier molecular flexibility index (Phi) is 4.73. The van der Waals surface area contributed by atoms with E-state index in [9.17, 15) is 4.79 Å². The van der Waals surface area contributed by atoms with Gasteiger partial charge in [-0.2, -0.15) is 0 Å². The first-order chi connectivity index (χ1) is 9.38. The molecule has 1 amide bonds. The Hall–Kier alpha value is -1.04. The number of rotatable bonds is 2. The number of halogens is 3. The van der Waals surface area contributed by atoms with Gasteiger partial charge in [0.25, 0.3) is 5.91 Å². The lowest BCUT2D eigenvalue weighted by molar-refractivity contribution is 0.102. The van der Waals surface area contributed by atoms with Crippen molar-refractivity contribution in [3.8, 4) is 0 Å². The Morgan fingerprint density at radius 2 is 1.95 bits per heavy atom. The summed E-state index contributed by atoms with van der Waals surface area (Å²) < 4.78 is 1.59. The average molecular weight is 419 g/mol. The number of aryl methyl sites for hydroxylation is 1. The Labute approximate surface area is 138 Å². The van der Waals surface area contributed by atoms with Crippen LogP contribution in [0, 0.1) is 6.92 Å². The molecule has 104 valence electrons. The van der Waals surface area contributed by atoms with Gasteiger partial charge in [0.15, 0.2) is 0 Å². The second-order valence-electron chi connectivity index (χ2n) is 4.27. The molecule has 0 radical (unpaired) electrons. The van der Waals surface area contributed by atoms with Crippen molar-refractivity contribution in [2.24, 2.45) is 0 Å². The molecule has 0 aliphatic heterocycles. The van der Waals surface area contributed by atoms with Crippen LogP contribution in [0.4, 0.5) is 11.4 Å². The normalized spacial score (nSPS) is 10.4. The molecule has 0 unspecified atom stereocenters. The Bertz CT molecular complexity index is 689. The molecule has 20 heavy (non-hydrogen) atoms. The van der Waals surface area contributed by atoms with Gasteiger partial charge in [-0.15, -0.1) is 0 Å². The van der Waals surface area contributed by atoms with Crippen LogP contribution in [-0.2, 0) is 0 Å². The van der Waals surface area contributed by atoms with Crippen LogP contribution in [0.1, 0.15) is 15.9 Å². The third-order valence-corrected chi connectivity index (χ3v) is 4.24. The predicted octanol–water partition coefficient (Wildman–Crippen LogP) is 5.01. The summed E-state index contributed by atoms with van der Waals surface area (Å²) in [5, 5.41) is 3.17. The van der Waals surface area contributed by atoms with Gasteiger partial charge in [0, 0.05) is 14.6 Å². The first-order valence-electron chi connectivity index (χ1n) is 5.70. The zero-order chi connectivity index (χ0) is 14.9. The van der Waals surface area contributed by atoms with Crippen molar-refractivity contribution in [3.63, 3.8) is 0 Å². The molecule has 2 aromatic rings. The molecule has 6 heteroatoms. The monoisotopic (exact) mass is 416 g/mol. The molecule has 0 aliphatic carbocycles. The molecule has 0 aromatic heterocycles. The molecule has 0 bridgehead atoms. The topological polar surface area (TPSA) is 55.1 Å². The third-order valence-electron chi connectivity index (χ3n) is 2.78. The van der Waals surface area contributed by atoms with E-state index in [-0.39, 0.29) is 5.91 Å². The van der Waals surface area contributed by atoms with Gasteiger partial charge in [-0.3, -0.25) is 4.79 Å². The van der Waals surface area contributed by atoms with Gasteiger partial charge in [-0.1, -0.05) is 27.5 Å². The van der Waals surface area contributed by atoms with Crippen molar-refractivity contribution in [1.29, 1.82) is 0 Å². The maximum Gasteiger partial charge on any atom is 0.257 e.